The first kappa shape index (κ1) is 6.75. The van der Waals surface area contributed by atoms with Gasteiger partial charge >= 0.3 is 0 Å². The Balaban J connectivity index is 2.04. The molecule has 2 heterocycles. The van der Waals surface area contributed by atoms with Gasteiger partial charge in [-0.1, -0.05) is 5.16 Å². The van der Waals surface area contributed by atoms with Gasteiger partial charge in [-0.25, -0.2) is 0 Å². The Kier molecular flexibility index (Phi) is 1.83. The Hall–Kier alpha value is -0.940. The van der Waals surface area contributed by atoms with Crippen molar-refractivity contribution in [2.24, 2.45) is 0 Å². The lowest BCUT2D eigenvalue weighted by molar-refractivity contribution is 0.0208. The van der Waals surface area contributed by atoms with Gasteiger partial charge in [0.15, 0.2) is 0 Å². The predicted molar refractivity (Wildman–Crippen MR) is 35.9 cm³/mol. The fourth-order valence-electron chi connectivity index (χ4n) is 1.05. The van der Waals surface area contributed by atoms with Crippen molar-refractivity contribution in [1.29, 1.82) is 0 Å². The van der Waals surface area contributed by atoms with Crippen LogP contribution in [0.5, 0.6) is 0 Å². The molecule has 11 heavy (non-hydrogen) atoms. The second-order valence-electron chi connectivity index (χ2n) is 2.35. The molecule has 0 radical (unpaired) electrons. The number of hydrogen-bond acceptors (Lipinski definition) is 5. The summed E-state index contributed by atoms with van der Waals surface area (Å²) in [7, 11) is 0. The smallest absolute Gasteiger partial charge is 0.213 e. The van der Waals surface area contributed by atoms with Gasteiger partial charge in [0.2, 0.25) is 12.2 Å². The van der Waals surface area contributed by atoms with Gasteiger partial charge in [0.05, 0.1) is 6.61 Å². The SMILES string of the molecule is c1nc([C@H]2CNCCO2)no1. The quantitative estimate of drug-likeness (QED) is 0.605. The van der Waals surface area contributed by atoms with Gasteiger partial charge in [-0.05, 0) is 0 Å². The highest BCUT2D eigenvalue weighted by atomic mass is 16.5. The molecule has 0 spiro atoms. The third-order valence-corrected chi connectivity index (χ3v) is 1.59. The van der Waals surface area contributed by atoms with E-state index in [9.17, 15) is 0 Å². The highest BCUT2D eigenvalue weighted by Crippen LogP contribution is 2.12. The molecule has 5 nitrogen and oxygen atoms in total. The fraction of sp³-hybridized carbons (Fsp3) is 0.667. The minimum atomic E-state index is -0.0394. The van der Waals surface area contributed by atoms with Crippen molar-refractivity contribution in [3.8, 4) is 0 Å². The second kappa shape index (κ2) is 2.98. The van der Waals surface area contributed by atoms with Crippen molar-refractivity contribution in [2.45, 2.75) is 6.10 Å². The summed E-state index contributed by atoms with van der Waals surface area (Å²) < 4.78 is 9.97. The number of hydrogen-bond donors (Lipinski definition) is 1. The molecule has 1 saturated heterocycles. The van der Waals surface area contributed by atoms with Crippen LogP contribution in [0.25, 0.3) is 0 Å². The van der Waals surface area contributed by atoms with Crippen molar-refractivity contribution in [3.05, 3.63) is 12.2 Å². The maximum absolute atomic E-state index is 5.37. The molecule has 1 aromatic heterocycles. The Morgan fingerprint density at radius 2 is 2.64 bits per heavy atom. The predicted octanol–water partition coefficient (Wildman–Crippen LogP) is -0.270. The van der Waals surface area contributed by atoms with E-state index in [0.29, 0.717) is 12.4 Å². The van der Waals surface area contributed by atoms with Gasteiger partial charge in [0, 0.05) is 13.1 Å². The highest BCUT2D eigenvalue weighted by molar-refractivity contribution is 4.88. The van der Waals surface area contributed by atoms with E-state index in [1.807, 2.05) is 0 Å². The molecule has 0 aliphatic carbocycles. The summed E-state index contributed by atoms with van der Waals surface area (Å²) in [5, 5.41) is 6.87. The zero-order valence-electron chi connectivity index (χ0n) is 5.99. The van der Waals surface area contributed by atoms with E-state index in [1.165, 1.54) is 6.39 Å². The van der Waals surface area contributed by atoms with Crippen LogP contribution in [0, 0.1) is 0 Å². The number of morpholine rings is 1. The maximum Gasteiger partial charge on any atom is 0.213 e. The van der Waals surface area contributed by atoms with Gasteiger partial charge in [0.1, 0.15) is 6.10 Å². The molecule has 1 N–H and O–H groups in total. The molecular formula is C6H9N3O2. The molecule has 0 aromatic carbocycles. The van der Waals surface area contributed by atoms with Crippen molar-refractivity contribution >= 4 is 0 Å². The lowest BCUT2D eigenvalue weighted by atomic mass is 10.3. The second-order valence-corrected chi connectivity index (χ2v) is 2.35. The highest BCUT2D eigenvalue weighted by Gasteiger charge is 2.18. The number of rotatable bonds is 1. The Labute approximate surface area is 63.7 Å². The van der Waals surface area contributed by atoms with E-state index < -0.39 is 0 Å². The third kappa shape index (κ3) is 1.38. The zero-order chi connectivity index (χ0) is 7.52. The van der Waals surface area contributed by atoms with Gasteiger partial charge in [0.25, 0.3) is 0 Å². The normalized spacial score (nSPS) is 25.3. The summed E-state index contributed by atoms with van der Waals surface area (Å²) in [6, 6.07) is 0. The number of aromatic nitrogens is 2. The van der Waals surface area contributed by atoms with Crippen LogP contribution in [-0.4, -0.2) is 29.8 Å². The maximum atomic E-state index is 5.37. The van der Waals surface area contributed by atoms with Crippen molar-refractivity contribution in [3.63, 3.8) is 0 Å². The average Bonchev–Trinajstić information content (AvgIpc) is 2.58. The van der Waals surface area contributed by atoms with E-state index >= 15 is 0 Å². The Morgan fingerprint density at radius 3 is 3.27 bits per heavy atom. The van der Waals surface area contributed by atoms with Crippen LogP contribution in [-0.2, 0) is 4.74 Å². The molecule has 1 aromatic rings. The Morgan fingerprint density at radius 1 is 1.64 bits per heavy atom. The number of ether oxygens (including phenoxy) is 1. The first-order chi connectivity index (χ1) is 5.47. The van der Waals surface area contributed by atoms with E-state index in [-0.39, 0.29) is 6.10 Å². The largest absolute Gasteiger partial charge is 0.367 e. The van der Waals surface area contributed by atoms with Crippen LogP contribution in [0.1, 0.15) is 11.9 Å². The van der Waals surface area contributed by atoms with Crippen LogP contribution in [0.3, 0.4) is 0 Å². The van der Waals surface area contributed by atoms with Gasteiger partial charge in [-0.3, -0.25) is 0 Å². The molecule has 1 aliphatic heterocycles. The van der Waals surface area contributed by atoms with Gasteiger partial charge in [-0.2, -0.15) is 4.98 Å². The van der Waals surface area contributed by atoms with E-state index in [1.54, 1.807) is 0 Å². The summed E-state index contributed by atoms with van der Waals surface area (Å²) in [4.78, 5) is 3.90. The minimum Gasteiger partial charge on any atom is -0.367 e. The van der Waals surface area contributed by atoms with Crippen molar-refractivity contribution in [2.75, 3.05) is 19.7 Å². The average molecular weight is 155 g/mol. The number of nitrogens with one attached hydrogen (secondary N) is 1. The molecule has 1 fully saturated rings. The molecular weight excluding hydrogens is 146 g/mol. The number of nitrogens with zero attached hydrogens (tertiary/aromatic N) is 2. The van der Waals surface area contributed by atoms with Crippen LogP contribution in [0.15, 0.2) is 10.9 Å². The molecule has 2 rings (SSSR count). The zero-order valence-corrected chi connectivity index (χ0v) is 5.99. The van der Waals surface area contributed by atoms with Crippen LogP contribution < -0.4 is 5.32 Å². The summed E-state index contributed by atoms with van der Waals surface area (Å²) in [5.41, 5.74) is 0. The third-order valence-electron chi connectivity index (χ3n) is 1.59. The van der Waals surface area contributed by atoms with Crippen LogP contribution in [0.2, 0.25) is 0 Å². The van der Waals surface area contributed by atoms with Crippen molar-refractivity contribution < 1.29 is 9.26 Å². The summed E-state index contributed by atoms with van der Waals surface area (Å²) in [5.74, 6) is 0.622. The fourth-order valence-corrected chi connectivity index (χ4v) is 1.05. The first-order valence-electron chi connectivity index (χ1n) is 3.55. The lowest BCUT2D eigenvalue weighted by Crippen LogP contribution is -2.33. The van der Waals surface area contributed by atoms with Crippen LogP contribution >= 0.6 is 0 Å². The molecule has 5 heteroatoms. The lowest BCUT2D eigenvalue weighted by Gasteiger charge is -2.20. The van der Waals surface area contributed by atoms with E-state index in [2.05, 4.69) is 20.0 Å². The molecule has 0 amide bonds. The molecule has 0 saturated carbocycles. The monoisotopic (exact) mass is 155 g/mol. The van der Waals surface area contributed by atoms with Crippen molar-refractivity contribution in [1.82, 2.24) is 15.5 Å². The van der Waals surface area contributed by atoms with Crippen LogP contribution in [0.4, 0.5) is 0 Å². The van der Waals surface area contributed by atoms with E-state index in [0.717, 1.165) is 13.1 Å². The molecule has 1 aliphatic rings. The van der Waals surface area contributed by atoms with Gasteiger partial charge in [-0.15, -0.1) is 0 Å². The Bertz CT molecular complexity index is 206. The molecule has 1 atom stereocenters. The van der Waals surface area contributed by atoms with Gasteiger partial charge < -0.3 is 14.6 Å². The summed E-state index contributed by atoms with van der Waals surface area (Å²) in [6.45, 7) is 2.37. The summed E-state index contributed by atoms with van der Waals surface area (Å²) >= 11 is 0. The molecule has 60 valence electrons. The molecule has 0 unspecified atom stereocenters. The first-order valence-corrected chi connectivity index (χ1v) is 3.55. The standard InChI is InChI=1S/C6H9N3O2/c1-2-10-5(3-7-1)6-8-4-11-9-6/h4-5,7H,1-3H2/t5-/m1/s1. The minimum absolute atomic E-state index is 0.0394. The molecule has 0 bridgehead atoms. The topological polar surface area (TPSA) is 60.2 Å². The van der Waals surface area contributed by atoms with E-state index in [4.69, 9.17) is 4.74 Å². The summed E-state index contributed by atoms with van der Waals surface area (Å²) in [6.07, 6.45) is 1.27.